The molecule has 0 heterocycles. The van der Waals surface area contributed by atoms with Crippen molar-refractivity contribution in [2.45, 2.75) is 514 Å². The summed E-state index contributed by atoms with van der Waals surface area (Å²) in [5, 5.41) is 23.5. The Kier molecular flexibility index (Phi) is 83.8. The standard InChI is InChI=1S/C90H173NO5/c1-3-5-7-9-11-13-15-17-19-20-21-22-23-39-42-45-48-51-55-58-62-66-70-74-78-82-88(93)87(86-92)91-89(94)83-79-75-71-67-63-59-56-52-49-46-43-40-37-35-33-31-29-27-25-24-26-28-30-32-34-36-38-41-44-47-50-53-57-61-65-69-73-77-81-85-96-90(95)84-80-76-72-68-64-60-54-18-16-14-12-10-8-6-4-2/h12,14,18,24-25,54,87-88,92-93H,3-11,13,15-17,19-23,26-53,55-86H2,1-2H3,(H,91,94)/b14-12-,25-24-,54-18-. The number of ether oxygens (including phenoxy) is 1. The van der Waals surface area contributed by atoms with E-state index in [0.29, 0.717) is 25.9 Å². The zero-order valence-electron chi connectivity index (χ0n) is 65.4. The Hall–Kier alpha value is -1.92. The number of unbranched alkanes of at least 4 members (excludes halogenated alkanes) is 67. The number of hydrogen-bond acceptors (Lipinski definition) is 5. The van der Waals surface area contributed by atoms with Crippen LogP contribution in [0.1, 0.15) is 502 Å². The molecule has 2 atom stereocenters. The van der Waals surface area contributed by atoms with Gasteiger partial charge in [0.15, 0.2) is 0 Å². The highest BCUT2D eigenvalue weighted by Gasteiger charge is 2.20. The lowest BCUT2D eigenvalue weighted by molar-refractivity contribution is -0.143. The summed E-state index contributed by atoms with van der Waals surface area (Å²) in [4.78, 5) is 24.7. The van der Waals surface area contributed by atoms with Gasteiger partial charge in [0, 0.05) is 12.8 Å². The quantitative estimate of drug-likeness (QED) is 0.0320. The number of nitrogens with one attached hydrogen (secondary N) is 1. The number of allylic oxidation sites excluding steroid dienone is 6. The van der Waals surface area contributed by atoms with E-state index in [4.69, 9.17) is 4.74 Å². The van der Waals surface area contributed by atoms with Gasteiger partial charge in [0.1, 0.15) is 0 Å². The minimum atomic E-state index is -0.663. The van der Waals surface area contributed by atoms with Crippen molar-refractivity contribution >= 4 is 11.9 Å². The summed E-state index contributed by atoms with van der Waals surface area (Å²) in [5.41, 5.74) is 0. The second kappa shape index (κ2) is 85.5. The third kappa shape index (κ3) is 81.0. The predicted octanol–water partition coefficient (Wildman–Crippen LogP) is 29.7. The van der Waals surface area contributed by atoms with Crippen LogP contribution in [0.4, 0.5) is 0 Å². The van der Waals surface area contributed by atoms with Gasteiger partial charge in [0.2, 0.25) is 5.91 Å². The maximum Gasteiger partial charge on any atom is 0.305 e. The molecule has 6 heteroatoms. The van der Waals surface area contributed by atoms with Gasteiger partial charge >= 0.3 is 5.97 Å². The van der Waals surface area contributed by atoms with E-state index in [0.717, 1.165) is 51.4 Å². The molecule has 568 valence electrons. The molecule has 0 aliphatic rings. The summed E-state index contributed by atoms with van der Waals surface area (Å²) >= 11 is 0. The summed E-state index contributed by atoms with van der Waals surface area (Å²) in [6.07, 6.45) is 113. The number of esters is 1. The molecule has 3 N–H and O–H groups in total. The molecule has 0 aromatic rings. The van der Waals surface area contributed by atoms with Crippen LogP contribution in [0.15, 0.2) is 36.5 Å². The Balaban J connectivity index is 3.33. The molecule has 0 saturated carbocycles. The summed E-state index contributed by atoms with van der Waals surface area (Å²) < 4.78 is 5.50. The van der Waals surface area contributed by atoms with E-state index >= 15 is 0 Å². The number of rotatable bonds is 84. The average Bonchev–Trinajstić information content (AvgIpc) is 2.50. The smallest absolute Gasteiger partial charge is 0.305 e. The van der Waals surface area contributed by atoms with Gasteiger partial charge in [-0.05, 0) is 83.5 Å². The minimum Gasteiger partial charge on any atom is -0.466 e. The van der Waals surface area contributed by atoms with Gasteiger partial charge in [-0.3, -0.25) is 9.59 Å². The zero-order valence-corrected chi connectivity index (χ0v) is 65.4. The monoisotopic (exact) mass is 1350 g/mol. The van der Waals surface area contributed by atoms with E-state index in [1.54, 1.807) is 0 Å². The molecule has 0 aliphatic heterocycles. The predicted molar refractivity (Wildman–Crippen MR) is 426 cm³/mol. The van der Waals surface area contributed by atoms with Crippen LogP contribution in [-0.2, 0) is 14.3 Å². The lowest BCUT2D eigenvalue weighted by Crippen LogP contribution is -2.45. The summed E-state index contributed by atoms with van der Waals surface area (Å²) in [5.74, 6) is -0.0150. The second-order valence-corrected chi connectivity index (χ2v) is 30.6. The van der Waals surface area contributed by atoms with Gasteiger partial charge in [-0.1, -0.05) is 442 Å². The summed E-state index contributed by atoms with van der Waals surface area (Å²) in [6.45, 7) is 4.98. The molecule has 0 rings (SSSR count). The van der Waals surface area contributed by atoms with E-state index in [-0.39, 0.29) is 18.5 Å². The fraction of sp³-hybridized carbons (Fsp3) is 0.911. The Labute approximate surface area is 602 Å². The molecule has 0 fully saturated rings. The summed E-state index contributed by atoms with van der Waals surface area (Å²) in [6, 6.07) is -0.540. The highest BCUT2D eigenvalue weighted by Crippen LogP contribution is 2.21. The van der Waals surface area contributed by atoms with Crippen molar-refractivity contribution in [3.63, 3.8) is 0 Å². The number of carbonyl (C=O) groups is 2. The van der Waals surface area contributed by atoms with Gasteiger partial charge in [-0.25, -0.2) is 0 Å². The molecule has 0 radical (unpaired) electrons. The second-order valence-electron chi connectivity index (χ2n) is 30.6. The molecule has 0 bridgehead atoms. The molecule has 0 aromatic carbocycles. The van der Waals surface area contributed by atoms with Gasteiger partial charge in [0.25, 0.3) is 0 Å². The number of aliphatic hydroxyl groups is 2. The van der Waals surface area contributed by atoms with Crippen molar-refractivity contribution in [1.29, 1.82) is 0 Å². The Morgan fingerprint density at radius 1 is 0.292 bits per heavy atom. The van der Waals surface area contributed by atoms with Crippen molar-refractivity contribution in [1.82, 2.24) is 5.32 Å². The van der Waals surface area contributed by atoms with Crippen LogP contribution in [0.5, 0.6) is 0 Å². The van der Waals surface area contributed by atoms with Crippen molar-refractivity contribution in [3.05, 3.63) is 36.5 Å². The van der Waals surface area contributed by atoms with E-state index in [9.17, 15) is 19.8 Å². The van der Waals surface area contributed by atoms with Crippen LogP contribution in [0.25, 0.3) is 0 Å². The lowest BCUT2D eigenvalue weighted by Gasteiger charge is -2.22. The number of carbonyl (C=O) groups excluding carboxylic acids is 2. The molecule has 0 aromatic heterocycles. The Bertz CT molecular complexity index is 1560. The van der Waals surface area contributed by atoms with Gasteiger partial charge in [-0.2, -0.15) is 0 Å². The molecule has 0 aliphatic carbocycles. The first-order chi connectivity index (χ1) is 47.5. The topological polar surface area (TPSA) is 95.9 Å². The normalized spacial score (nSPS) is 12.6. The molecular weight excluding hydrogens is 1170 g/mol. The van der Waals surface area contributed by atoms with Crippen molar-refractivity contribution in [2.24, 2.45) is 0 Å². The zero-order chi connectivity index (χ0) is 69.1. The minimum absolute atomic E-state index is 0.00927. The van der Waals surface area contributed by atoms with E-state index in [1.807, 2.05) is 0 Å². The van der Waals surface area contributed by atoms with E-state index in [1.165, 1.54) is 417 Å². The van der Waals surface area contributed by atoms with Crippen LogP contribution in [0, 0.1) is 0 Å². The summed E-state index contributed by atoms with van der Waals surface area (Å²) in [7, 11) is 0. The molecule has 6 nitrogen and oxygen atoms in total. The van der Waals surface area contributed by atoms with Gasteiger partial charge < -0.3 is 20.3 Å². The van der Waals surface area contributed by atoms with E-state index in [2.05, 4.69) is 55.6 Å². The van der Waals surface area contributed by atoms with Gasteiger partial charge in [0.05, 0.1) is 25.4 Å². The van der Waals surface area contributed by atoms with E-state index < -0.39 is 12.1 Å². The van der Waals surface area contributed by atoms with Crippen LogP contribution in [0.2, 0.25) is 0 Å². The number of aliphatic hydroxyl groups excluding tert-OH is 2. The van der Waals surface area contributed by atoms with Crippen molar-refractivity contribution < 1.29 is 24.5 Å². The molecule has 2 unspecified atom stereocenters. The van der Waals surface area contributed by atoms with Crippen LogP contribution in [0.3, 0.4) is 0 Å². The highest BCUT2D eigenvalue weighted by atomic mass is 16.5. The van der Waals surface area contributed by atoms with Crippen molar-refractivity contribution in [3.8, 4) is 0 Å². The fourth-order valence-corrected chi connectivity index (χ4v) is 14.2. The van der Waals surface area contributed by atoms with Crippen molar-refractivity contribution in [2.75, 3.05) is 13.2 Å². The third-order valence-corrected chi connectivity index (χ3v) is 20.9. The highest BCUT2D eigenvalue weighted by molar-refractivity contribution is 5.76. The molecule has 1 amide bonds. The third-order valence-electron chi connectivity index (χ3n) is 20.9. The number of amides is 1. The first-order valence-electron chi connectivity index (χ1n) is 44.2. The molecular formula is C90H173NO5. The van der Waals surface area contributed by atoms with Gasteiger partial charge in [-0.15, -0.1) is 0 Å². The first kappa shape index (κ1) is 94.1. The fourth-order valence-electron chi connectivity index (χ4n) is 14.2. The molecule has 96 heavy (non-hydrogen) atoms. The maximum atomic E-state index is 12.6. The SMILES string of the molecule is CCCCC/C=C\C/C=C\CCCCCCCC(=O)OCCCCCCCCCCCCCCCCCCCC/C=C\CCCCCCCCCCCCCCCCCCCC(=O)NC(CO)C(O)CCCCCCCCCCCCCCCCCCCCCCCCCCC. The van der Waals surface area contributed by atoms with Crippen LogP contribution < -0.4 is 5.32 Å². The molecule has 0 spiro atoms. The number of hydrogen-bond donors (Lipinski definition) is 3. The Morgan fingerprint density at radius 3 is 0.823 bits per heavy atom. The Morgan fingerprint density at radius 2 is 0.521 bits per heavy atom. The van der Waals surface area contributed by atoms with Crippen LogP contribution in [-0.4, -0.2) is 47.4 Å². The first-order valence-corrected chi connectivity index (χ1v) is 44.2. The maximum absolute atomic E-state index is 12.6. The molecule has 0 saturated heterocycles. The largest absolute Gasteiger partial charge is 0.466 e. The van der Waals surface area contributed by atoms with Crippen LogP contribution >= 0.6 is 0 Å². The average molecular weight is 1350 g/mol. The lowest BCUT2D eigenvalue weighted by atomic mass is 10.0.